The normalized spacial score (nSPS) is 24.6. The fourth-order valence-corrected chi connectivity index (χ4v) is 5.17. The number of benzene rings is 2. The smallest absolute Gasteiger partial charge is 0.125 e. The molecule has 1 saturated carbocycles. The van der Waals surface area contributed by atoms with E-state index >= 15 is 0 Å². The van der Waals surface area contributed by atoms with Crippen molar-refractivity contribution in [1.82, 2.24) is 14.9 Å². The van der Waals surface area contributed by atoms with Gasteiger partial charge in [-0.1, -0.05) is 55.3 Å². The van der Waals surface area contributed by atoms with E-state index in [2.05, 4.69) is 64.5 Å². The molecule has 2 fully saturated rings. The van der Waals surface area contributed by atoms with Gasteiger partial charge in [0, 0.05) is 6.04 Å². The maximum atomic E-state index is 4.99. The molecule has 2 heterocycles. The number of para-hydroxylation sites is 2. The number of H-pyrrole nitrogens is 1. The SMILES string of the molecule is c1ccc(CC(c2nc3ccccc3[nH]2)N2CCC3CCCCC32)cc1. The Balaban J connectivity index is 1.52. The maximum Gasteiger partial charge on any atom is 0.125 e. The van der Waals surface area contributed by atoms with Gasteiger partial charge in [0.15, 0.2) is 0 Å². The molecule has 0 bridgehead atoms. The number of aromatic amines is 1. The predicted molar refractivity (Wildman–Crippen MR) is 106 cm³/mol. The van der Waals surface area contributed by atoms with Gasteiger partial charge in [-0.05, 0) is 55.8 Å². The van der Waals surface area contributed by atoms with E-state index in [1.54, 1.807) is 0 Å². The Hall–Kier alpha value is -2.13. The number of aromatic nitrogens is 2. The number of imidazole rings is 1. The van der Waals surface area contributed by atoms with Crippen molar-refractivity contribution < 1.29 is 0 Å². The van der Waals surface area contributed by atoms with Crippen molar-refractivity contribution in [3.8, 4) is 0 Å². The van der Waals surface area contributed by atoms with E-state index in [1.165, 1.54) is 44.2 Å². The van der Waals surface area contributed by atoms with Crippen LogP contribution in [0.25, 0.3) is 11.0 Å². The molecule has 3 heteroatoms. The van der Waals surface area contributed by atoms with Crippen molar-refractivity contribution in [3.63, 3.8) is 0 Å². The van der Waals surface area contributed by atoms with Gasteiger partial charge in [0.2, 0.25) is 0 Å². The first kappa shape index (κ1) is 16.1. The van der Waals surface area contributed by atoms with Gasteiger partial charge in [-0.25, -0.2) is 4.98 Å². The molecule has 1 aromatic heterocycles. The molecule has 2 aromatic carbocycles. The number of rotatable bonds is 4. The standard InChI is InChI=1S/C23H27N3/c1-2-8-17(9-3-1)16-22(23-24-19-11-5-6-12-20(19)25-23)26-15-14-18-10-4-7-13-21(18)26/h1-3,5-6,8-9,11-12,18,21-22H,4,7,10,13-16H2,(H,24,25). The third-order valence-electron chi connectivity index (χ3n) is 6.45. The molecule has 1 N–H and O–H groups in total. The van der Waals surface area contributed by atoms with E-state index in [-0.39, 0.29) is 0 Å². The van der Waals surface area contributed by atoms with Crippen molar-refractivity contribution in [2.75, 3.05) is 6.54 Å². The third-order valence-corrected chi connectivity index (χ3v) is 6.45. The summed E-state index contributed by atoms with van der Waals surface area (Å²) in [7, 11) is 0. The van der Waals surface area contributed by atoms with Gasteiger partial charge < -0.3 is 4.98 Å². The van der Waals surface area contributed by atoms with Crippen LogP contribution in [0, 0.1) is 5.92 Å². The minimum Gasteiger partial charge on any atom is -0.341 e. The summed E-state index contributed by atoms with van der Waals surface area (Å²) in [5.41, 5.74) is 3.64. The van der Waals surface area contributed by atoms with Crippen molar-refractivity contribution in [3.05, 3.63) is 66.0 Å². The lowest BCUT2D eigenvalue weighted by Crippen LogP contribution is -2.39. The highest BCUT2D eigenvalue weighted by Crippen LogP contribution is 2.41. The van der Waals surface area contributed by atoms with Crippen LogP contribution in [0.3, 0.4) is 0 Å². The summed E-state index contributed by atoms with van der Waals surface area (Å²) in [6.45, 7) is 1.21. The number of hydrogen-bond donors (Lipinski definition) is 1. The van der Waals surface area contributed by atoms with Crippen molar-refractivity contribution >= 4 is 11.0 Å². The molecule has 134 valence electrons. The van der Waals surface area contributed by atoms with Gasteiger partial charge >= 0.3 is 0 Å². The van der Waals surface area contributed by atoms with Crippen LogP contribution in [0.2, 0.25) is 0 Å². The lowest BCUT2D eigenvalue weighted by atomic mass is 9.84. The van der Waals surface area contributed by atoms with Crippen LogP contribution in [0.15, 0.2) is 54.6 Å². The molecule has 1 saturated heterocycles. The zero-order valence-electron chi connectivity index (χ0n) is 15.3. The second-order valence-electron chi connectivity index (χ2n) is 7.98. The maximum absolute atomic E-state index is 4.99. The summed E-state index contributed by atoms with van der Waals surface area (Å²) < 4.78 is 0. The minimum absolute atomic E-state index is 0.345. The van der Waals surface area contributed by atoms with E-state index in [4.69, 9.17) is 4.98 Å². The zero-order valence-corrected chi connectivity index (χ0v) is 15.3. The Morgan fingerprint density at radius 1 is 0.962 bits per heavy atom. The highest BCUT2D eigenvalue weighted by molar-refractivity contribution is 5.74. The fraction of sp³-hybridized carbons (Fsp3) is 0.435. The second-order valence-corrected chi connectivity index (χ2v) is 7.98. The molecule has 5 rings (SSSR count). The largest absolute Gasteiger partial charge is 0.341 e. The lowest BCUT2D eigenvalue weighted by Gasteiger charge is -2.36. The van der Waals surface area contributed by atoms with Crippen LogP contribution >= 0.6 is 0 Å². The first-order valence-electron chi connectivity index (χ1n) is 10.1. The Morgan fingerprint density at radius 2 is 1.77 bits per heavy atom. The van der Waals surface area contributed by atoms with E-state index in [0.717, 1.165) is 35.2 Å². The molecule has 3 atom stereocenters. The summed E-state index contributed by atoms with van der Waals surface area (Å²) in [6, 6.07) is 20.4. The van der Waals surface area contributed by atoms with Crippen LogP contribution in [0.1, 0.15) is 49.5 Å². The van der Waals surface area contributed by atoms with Gasteiger partial charge in [0.05, 0.1) is 17.1 Å². The molecule has 0 spiro atoms. The summed E-state index contributed by atoms with van der Waals surface area (Å²) >= 11 is 0. The summed E-state index contributed by atoms with van der Waals surface area (Å²) in [5, 5.41) is 0. The van der Waals surface area contributed by atoms with Gasteiger partial charge in [0.1, 0.15) is 5.82 Å². The number of nitrogens with one attached hydrogen (secondary N) is 1. The molecular formula is C23H27N3. The van der Waals surface area contributed by atoms with E-state index in [9.17, 15) is 0 Å². The van der Waals surface area contributed by atoms with Crippen LogP contribution in [-0.2, 0) is 6.42 Å². The molecule has 26 heavy (non-hydrogen) atoms. The highest BCUT2D eigenvalue weighted by atomic mass is 15.2. The van der Waals surface area contributed by atoms with Gasteiger partial charge in [-0.15, -0.1) is 0 Å². The van der Waals surface area contributed by atoms with Gasteiger partial charge in [-0.3, -0.25) is 4.90 Å². The van der Waals surface area contributed by atoms with Crippen molar-refractivity contribution in [2.24, 2.45) is 5.92 Å². The van der Waals surface area contributed by atoms with Crippen molar-refractivity contribution in [2.45, 2.75) is 50.6 Å². The van der Waals surface area contributed by atoms with Gasteiger partial charge in [0.25, 0.3) is 0 Å². The lowest BCUT2D eigenvalue weighted by molar-refractivity contribution is 0.127. The van der Waals surface area contributed by atoms with E-state index in [1.807, 2.05) is 0 Å². The van der Waals surface area contributed by atoms with Crippen LogP contribution in [-0.4, -0.2) is 27.5 Å². The quantitative estimate of drug-likeness (QED) is 0.712. The molecule has 0 amide bonds. The third kappa shape index (κ3) is 2.95. The molecule has 3 aromatic rings. The Morgan fingerprint density at radius 3 is 2.65 bits per heavy atom. The molecule has 2 aliphatic rings. The van der Waals surface area contributed by atoms with Crippen molar-refractivity contribution in [1.29, 1.82) is 0 Å². The highest BCUT2D eigenvalue weighted by Gasteiger charge is 2.40. The number of hydrogen-bond acceptors (Lipinski definition) is 2. The molecule has 0 radical (unpaired) electrons. The van der Waals surface area contributed by atoms with Crippen LogP contribution < -0.4 is 0 Å². The zero-order chi connectivity index (χ0) is 17.3. The van der Waals surface area contributed by atoms with E-state index < -0.39 is 0 Å². The van der Waals surface area contributed by atoms with Crippen LogP contribution in [0.5, 0.6) is 0 Å². The Kier molecular flexibility index (Phi) is 4.25. The fourth-order valence-electron chi connectivity index (χ4n) is 5.17. The van der Waals surface area contributed by atoms with Gasteiger partial charge in [-0.2, -0.15) is 0 Å². The molecule has 3 nitrogen and oxygen atoms in total. The molecule has 3 unspecified atom stereocenters. The molecule has 1 aliphatic heterocycles. The summed E-state index contributed by atoms with van der Waals surface area (Å²) in [6.07, 6.45) is 7.97. The average molecular weight is 345 g/mol. The number of fused-ring (bicyclic) bond motifs is 2. The first-order valence-corrected chi connectivity index (χ1v) is 10.1. The Labute approximate surface area is 155 Å². The minimum atomic E-state index is 0.345. The topological polar surface area (TPSA) is 31.9 Å². The van der Waals surface area contributed by atoms with E-state index in [0.29, 0.717) is 6.04 Å². The first-order chi connectivity index (χ1) is 12.9. The molecular weight excluding hydrogens is 318 g/mol. The second kappa shape index (κ2) is 6.88. The molecule has 1 aliphatic carbocycles. The number of nitrogens with zero attached hydrogens (tertiary/aromatic N) is 2. The van der Waals surface area contributed by atoms with Crippen LogP contribution in [0.4, 0.5) is 0 Å². The summed E-state index contributed by atoms with van der Waals surface area (Å²) in [4.78, 5) is 11.4. The predicted octanol–water partition coefficient (Wildman–Crippen LogP) is 5.11. The Bertz CT molecular complexity index is 836. The monoisotopic (exact) mass is 345 g/mol. The summed E-state index contributed by atoms with van der Waals surface area (Å²) in [5.74, 6) is 2.03. The average Bonchev–Trinajstić information content (AvgIpc) is 3.31. The number of likely N-dealkylation sites (tertiary alicyclic amines) is 1.